The van der Waals surface area contributed by atoms with Gasteiger partial charge < -0.3 is 10.1 Å². The number of carbonyl (C=O) groups is 2. The highest BCUT2D eigenvalue weighted by molar-refractivity contribution is 5.94. The van der Waals surface area contributed by atoms with Gasteiger partial charge in [0.1, 0.15) is 6.04 Å². The summed E-state index contributed by atoms with van der Waals surface area (Å²) < 4.78 is 4.74. The van der Waals surface area contributed by atoms with Gasteiger partial charge in [0.25, 0.3) is 0 Å². The Morgan fingerprint density at radius 2 is 2.47 bits per heavy atom. The Balaban J connectivity index is 1.89. The molecular formula is C12H12N2O3. The molecule has 5 nitrogen and oxygen atoms in total. The lowest BCUT2D eigenvalue weighted by molar-refractivity contribution is -0.140. The Labute approximate surface area is 98.5 Å². The number of hydrogen-bond acceptors (Lipinski definition) is 4. The fraction of sp³-hybridized carbons (Fsp3) is 0.250. The standard InChI is InChI=1S/C12H12N2O3/c15-11(14-10-5-7-17-12(10)16)4-3-9-2-1-6-13-8-9/h1-4,6,8,10H,5,7H2,(H,14,15)/b4-3+/t10-/m0/s1. The summed E-state index contributed by atoms with van der Waals surface area (Å²) in [5.74, 6) is -0.675. The van der Waals surface area contributed by atoms with Crippen LogP contribution in [0.3, 0.4) is 0 Å². The summed E-state index contributed by atoms with van der Waals surface area (Å²) in [4.78, 5) is 26.5. The quantitative estimate of drug-likeness (QED) is 0.609. The van der Waals surface area contributed by atoms with E-state index in [1.807, 2.05) is 6.07 Å². The summed E-state index contributed by atoms with van der Waals surface area (Å²) in [5, 5.41) is 2.58. The molecule has 88 valence electrons. The maximum absolute atomic E-state index is 11.5. The fourth-order valence-corrected chi connectivity index (χ4v) is 1.49. The molecule has 1 atom stereocenters. The number of ether oxygens (including phenoxy) is 1. The highest BCUT2D eigenvalue weighted by Gasteiger charge is 2.27. The largest absolute Gasteiger partial charge is 0.464 e. The van der Waals surface area contributed by atoms with E-state index < -0.39 is 6.04 Å². The molecule has 5 heteroatoms. The number of aromatic nitrogens is 1. The van der Waals surface area contributed by atoms with Gasteiger partial charge in [-0.2, -0.15) is 0 Å². The number of rotatable bonds is 3. The van der Waals surface area contributed by atoms with Crippen LogP contribution < -0.4 is 5.32 Å². The molecule has 1 aliphatic rings. The Morgan fingerprint density at radius 3 is 3.12 bits per heavy atom. The molecule has 0 saturated carbocycles. The maximum Gasteiger partial charge on any atom is 0.328 e. The first-order valence-electron chi connectivity index (χ1n) is 5.31. The molecule has 1 amide bonds. The zero-order valence-corrected chi connectivity index (χ0v) is 9.13. The van der Waals surface area contributed by atoms with Gasteiger partial charge in [0.15, 0.2) is 0 Å². The predicted molar refractivity (Wildman–Crippen MR) is 60.8 cm³/mol. The van der Waals surface area contributed by atoms with Crippen molar-refractivity contribution in [2.45, 2.75) is 12.5 Å². The third-order valence-corrected chi connectivity index (χ3v) is 2.36. The molecule has 1 N–H and O–H groups in total. The number of pyridine rings is 1. The molecule has 0 bridgehead atoms. The van der Waals surface area contributed by atoms with Gasteiger partial charge in [-0.15, -0.1) is 0 Å². The zero-order chi connectivity index (χ0) is 12.1. The van der Waals surface area contributed by atoms with Crippen LogP contribution in [0.1, 0.15) is 12.0 Å². The van der Waals surface area contributed by atoms with Crippen LogP contribution in [0.15, 0.2) is 30.6 Å². The van der Waals surface area contributed by atoms with Crippen LogP contribution in [0.2, 0.25) is 0 Å². The first-order valence-corrected chi connectivity index (χ1v) is 5.31. The monoisotopic (exact) mass is 232 g/mol. The van der Waals surface area contributed by atoms with Crippen molar-refractivity contribution in [3.8, 4) is 0 Å². The lowest BCUT2D eigenvalue weighted by Crippen LogP contribution is -2.36. The zero-order valence-electron chi connectivity index (χ0n) is 9.13. The minimum atomic E-state index is -0.513. The SMILES string of the molecule is O=C(/C=C/c1cccnc1)N[C@H]1CCOC1=O. The molecule has 2 rings (SSSR count). The second kappa shape index (κ2) is 5.25. The number of carbonyl (C=O) groups excluding carboxylic acids is 2. The van der Waals surface area contributed by atoms with E-state index >= 15 is 0 Å². The molecule has 1 aromatic rings. The maximum atomic E-state index is 11.5. The summed E-state index contributed by atoms with van der Waals surface area (Å²) in [6.07, 6.45) is 6.86. The number of esters is 1. The summed E-state index contributed by atoms with van der Waals surface area (Å²) in [7, 11) is 0. The molecule has 1 aromatic heterocycles. The van der Waals surface area contributed by atoms with Crippen LogP contribution in [0.25, 0.3) is 6.08 Å². The van der Waals surface area contributed by atoms with Gasteiger partial charge in [-0.05, 0) is 17.7 Å². The first kappa shape index (κ1) is 11.3. The Hall–Kier alpha value is -2.17. The van der Waals surface area contributed by atoms with E-state index in [-0.39, 0.29) is 11.9 Å². The fourth-order valence-electron chi connectivity index (χ4n) is 1.49. The third-order valence-electron chi connectivity index (χ3n) is 2.36. The molecule has 0 spiro atoms. The van der Waals surface area contributed by atoms with Crippen LogP contribution in [-0.2, 0) is 14.3 Å². The molecule has 2 heterocycles. The Bertz CT molecular complexity index is 442. The highest BCUT2D eigenvalue weighted by Crippen LogP contribution is 2.05. The van der Waals surface area contributed by atoms with Gasteiger partial charge in [0, 0.05) is 24.9 Å². The van der Waals surface area contributed by atoms with E-state index in [9.17, 15) is 9.59 Å². The topological polar surface area (TPSA) is 68.3 Å². The molecular weight excluding hydrogens is 220 g/mol. The van der Waals surface area contributed by atoms with Crippen molar-refractivity contribution in [1.82, 2.24) is 10.3 Å². The second-order valence-corrected chi connectivity index (χ2v) is 3.64. The second-order valence-electron chi connectivity index (χ2n) is 3.64. The lowest BCUT2D eigenvalue weighted by Gasteiger charge is -2.05. The molecule has 1 fully saturated rings. The Kier molecular flexibility index (Phi) is 3.49. The van der Waals surface area contributed by atoms with Crippen LogP contribution in [-0.4, -0.2) is 29.5 Å². The predicted octanol–water partition coefficient (Wildman–Crippen LogP) is 0.526. The van der Waals surface area contributed by atoms with Crippen molar-refractivity contribution in [3.63, 3.8) is 0 Å². The van der Waals surface area contributed by atoms with Crippen LogP contribution >= 0.6 is 0 Å². The van der Waals surface area contributed by atoms with Crippen molar-refractivity contribution in [2.75, 3.05) is 6.61 Å². The smallest absolute Gasteiger partial charge is 0.328 e. The van der Waals surface area contributed by atoms with E-state index in [2.05, 4.69) is 10.3 Å². The Morgan fingerprint density at radius 1 is 1.59 bits per heavy atom. The number of nitrogens with one attached hydrogen (secondary N) is 1. The summed E-state index contributed by atoms with van der Waals surface area (Å²) in [6, 6.07) is 3.10. The van der Waals surface area contributed by atoms with E-state index in [4.69, 9.17) is 4.74 Å². The molecule has 0 radical (unpaired) electrons. The van der Waals surface area contributed by atoms with Gasteiger partial charge in [-0.1, -0.05) is 6.07 Å². The minimum absolute atomic E-state index is 0.308. The van der Waals surface area contributed by atoms with E-state index in [0.717, 1.165) is 5.56 Å². The van der Waals surface area contributed by atoms with E-state index in [0.29, 0.717) is 13.0 Å². The molecule has 0 aromatic carbocycles. The summed E-state index contributed by atoms with van der Waals surface area (Å²) >= 11 is 0. The third kappa shape index (κ3) is 3.14. The van der Waals surface area contributed by atoms with E-state index in [1.54, 1.807) is 24.5 Å². The lowest BCUT2D eigenvalue weighted by atomic mass is 10.2. The van der Waals surface area contributed by atoms with Gasteiger partial charge in [0.2, 0.25) is 5.91 Å². The number of hydrogen-bond donors (Lipinski definition) is 1. The van der Waals surface area contributed by atoms with Gasteiger partial charge in [0.05, 0.1) is 6.61 Å². The van der Waals surface area contributed by atoms with Crippen molar-refractivity contribution in [1.29, 1.82) is 0 Å². The average Bonchev–Trinajstić information content (AvgIpc) is 2.74. The molecule has 0 aliphatic carbocycles. The summed E-state index contributed by atoms with van der Waals surface area (Å²) in [6.45, 7) is 0.371. The van der Waals surface area contributed by atoms with Crippen LogP contribution in [0, 0.1) is 0 Å². The normalized spacial score (nSPS) is 19.3. The molecule has 1 aliphatic heterocycles. The number of amides is 1. The van der Waals surface area contributed by atoms with Crippen LogP contribution in [0.4, 0.5) is 0 Å². The minimum Gasteiger partial charge on any atom is -0.464 e. The number of cyclic esters (lactones) is 1. The highest BCUT2D eigenvalue weighted by atomic mass is 16.5. The van der Waals surface area contributed by atoms with E-state index in [1.165, 1.54) is 6.08 Å². The van der Waals surface area contributed by atoms with Crippen molar-refractivity contribution in [2.24, 2.45) is 0 Å². The van der Waals surface area contributed by atoms with Gasteiger partial charge in [-0.3, -0.25) is 9.78 Å². The van der Waals surface area contributed by atoms with Crippen LogP contribution in [0.5, 0.6) is 0 Å². The summed E-state index contributed by atoms with van der Waals surface area (Å²) in [5.41, 5.74) is 0.830. The van der Waals surface area contributed by atoms with Gasteiger partial charge in [-0.25, -0.2) is 4.79 Å². The number of nitrogens with zero attached hydrogens (tertiary/aromatic N) is 1. The van der Waals surface area contributed by atoms with Crippen molar-refractivity contribution >= 4 is 18.0 Å². The van der Waals surface area contributed by atoms with Gasteiger partial charge >= 0.3 is 5.97 Å². The van der Waals surface area contributed by atoms with Crippen molar-refractivity contribution < 1.29 is 14.3 Å². The van der Waals surface area contributed by atoms with Crippen molar-refractivity contribution in [3.05, 3.63) is 36.2 Å². The molecule has 1 saturated heterocycles. The first-order chi connectivity index (χ1) is 8.25. The average molecular weight is 232 g/mol. The molecule has 0 unspecified atom stereocenters. The molecule has 17 heavy (non-hydrogen) atoms.